The summed E-state index contributed by atoms with van der Waals surface area (Å²) in [6.45, 7) is 1.38. The first kappa shape index (κ1) is 20.6. The average molecular weight is 412 g/mol. The highest BCUT2D eigenvalue weighted by atomic mass is 35.5. The number of pyridine rings is 1. The Bertz CT molecular complexity index is 917. The van der Waals surface area contributed by atoms with E-state index in [1.54, 1.807) is 43.6 Å². The standard InChI is InChI=1S/C21H22ClN5O2/c1-26(14-20(28)25-18-5-3-2-4-17(18)22)21(29)16-8-10-27(11-9-16)19-7-6-15(12-23)13-24-19/h2-7,13,16H,8-11,14H2,1H3,(H,25,28). The molecule has 8 heteroatoms. The second kappa shape index (κ2) is 9.39. The molecule has 3 rings (SSSR count). The van der Waals surface area contributed by atoms with Gasteiger partial charge >= 0.3 is 0 Å². The predicted molar refractivity (Wildman–Crippen MR) is 112 cm³/mol. The topological polar surface area (TPSA) is 89.3 Å². The first-order chi connectivity index (χ1) is 14.0. The van der Waals surface area contributed by atoms with Gasteiger partial charge in [-0.15, -0.1) is 0 Å². The quantitative estimate of drug-likeness (QED) is 0.817. The molecule has 2 heterocycles. The number of nitrogens with zero attached hydrogens (tertiary/aromatic N) is 4. The molecule has 1 aromatic heterocycles. The van der Waals surface area contributed by atoms with Gasteiger partial charge in [-0.25, -0.2) is 4.98 Å². The number of likely N-dealkylation sites (N-methyl/N-ethyl adjacent to an activating group) is 1. The zero-order valence-electron chi connectivity index (χ0n) is 16.1. The Morgan fingerprint density at radius 1 is 1.28 bits per heavy atom. The van der Waals surface area contributed by atoms with Gasteiger partial charge in [-0.05, 0) is 37.1 Å². The van der Waals surface area contributed by atoms with Crippen LogP contribution in [0.5, 0.6) is 0 Å². The Hall–Kier alpha value is -3.11. The second-order valence-corrected chi connectivity index (χ2v) is 7.41. The van der Waals surface area contributed by atoms with Crippen LogP contribution < -0.4 is 10.2 Å². The van der Waals surface area contributed by atoms with Gasteiger partial charge in [-0.2, -0.15) is 5.26 Å². The summed E-state index contributed by atoms with van der Waals surface area (Å²) in [4.78, 5) is 32.9. The summed E-state index contributed by atoms with van der Waals surface area (Å²) in [6, 6.07) is 12.6. The summed E-state index contributed by atoms with van der Waals surface area (Å²) in [7, 11) is 1.64. The van der Waals surface area contributed by atoms with E-state index < -0.39 is 0 Å². The van der Waals surface area contributed by atoms with Gasteiger partial charge in [0.1, 0.15) is 11.9 Å². The Labute approximate surface area is 174 Å². The molecular weight excluding hydrogens is 390 g/mol. The van der Waals surface area contributed by atoms with Gasteiger partial charge in [0.05, 0.1) is 22.8 Å². The molecule has 1 saturated heterocycles. The van der Waals surface area contributed by atoms with Crippen molar-refractivity contribution in [1.82, 2.24) is 9.88 Å². The molecule has 7 nitrogen and oxygen atoms in total. The van der Waals surface area contributed by atoms with Crippen LogP contribution in [-0.4, -0.2) is 48.4 Å². The first-order valence-corrected chi connectivity index (χ1v) is 9.76. The molecule has 1 fully saturated rings. The van der Waals surface area contributed by atoms with Crippen molar-refractivity contribution in [2.75, 3.05) is 36.9 Å². The van der Waals surface area contributed by atoms with E-state index in [4.69, 9.17) is 16.9 Å². The highest BCUT2D eigenvalue weighted by Crippen LogP contribution is 2.24. The number of nitriles is 1. The molecule has 0 bridgehead atoms. The molecule has 0 aliphatic carbocycles. The number of carbonyl (C=O) groups excluding carboxylic acids is 2. The van der Waals surface area contributed by atoms with Crippen molar-refractivity contribution >= 4 is 34.9 Å². The number of hydrogen-bond acceptors (Lipinski definition) is 5. The Morgan fingerprint density at radius 2 is 2.00 bits per heavy atom. The third-order valence-corrected chi connectivity index (χ3v) is 5.28. The van der Waals surface area contributed by atoms with Crippen LogP contribution in [0.3, 0.4) is 0 Å². The summed E-state index contributed by atoms with van der Waals surface area (Å²) < 4.78 is 0. The van der Waals surface area contributed by atoms with E-state index >= 15 is 0 Å². The Balaban J connectivity index is 1.50. The Morgan fingerprint density at radius 3 is 2.62 bits per heavy atom. The Kier molecular flexibility index (Phi) is 6.68. The van der Waals surface area contributed by atoms with Crippen molar-refractivity contribution in [3.8, 4) is 6.07 Å². The smallest absolute Gasteiger partial charge is 0.244 e. The number of hydrogen-bond donors (Lipinski definition) is 1. The molecule has 2 amide bonds. The number of carbonyl (C=O) groups is 2. The van der Waals surface area contributed by atoms with E-state index in [9.17, 15) is 9.59 Å². The fourth-order valence-corrected chi connectivity index (χ4v) is 3.54. The van der Waals surface area contributed by atoms with Gasteiger partial charge < -0.3 is 15.1 Å². The van der Waals surface area contributed by atoms with Gasteiger partial charge in [0, 0.05) is 32.3 Å². The van der Waals surface area contributed by atoms with Gasteiger partial charge in [0.15, 0.2) is 0 Å². The van der Waals surface area contributed by atoms with Gasteiger partial charge in [-0.3, -0.25) is 9.59 Å². The van der Waals surface area contributed by atoms with E-state index in [1.807, 2.05) is 6.07 Å². The third-order valence-electron chi connectivity index (χ3n) is 4.95. The number of amides is 2. The van der Waals surface area contributed by atoms with Crippen molar-refractivity contribution in [2.45, 2.75) is 12.8 Å². The SMILES string of the molecule is CN(CC(=O)Nc1ccccc1Cl)C(=O)C1CCN(c2ccc(C#N)cn2)CC1. The van der Waals surface area contributed by atoms with Crippen LogP contribution in [0.2, 0.25) is 5.02 Å². The number of anilines is 2. The first-order valence-electron chi connectivity index (χ1n) is 9.38. The summed E-state index contributed by atoms with van der Waals surface area (Å²) in [5.41, 5.74) is 1.05. The van der Waals surface area contributed by atoms with Crippen molar-refractivity contribution in [3.05, 3.63) is 53.2 Å². The van der Waals surface area contributed by atoms with E-state index in [-0.39, 0.29) is 24.3 Å². The summed E-state index contributed by atoms with van der Waals surface area (Å²) in [5, 5.41) is 12.1. The molecular formula is C21H22ClN5O2. The largest absolute Gasteiger partial charge is 0.357 e. The number of nitrogens with one attached hydrogen (secondary N) is 1. The molecule has 1 aliphatic heterocycles. The highest BCUT2D eigenvalue weighted by Gasteiger charge is 2.28. The lowest BCUT2D eigenvalue weighted by Crippen LogP contribution is -2.43. The number of benzene rings is 1. The maximum absolute atomic E-state index is 12.7. The van der Waals surface area contributed by atoms with E-state index in [1.165, 1.54) is 4.90 Å². The van der Waals surface area contributed by atoms with Crippen LogP contribution in [0.15, 0.2) is 42.6 Å². The van der Waals surface area contributed by atoms with Crippen molar-refractivity contribution < 1.29 is 9.59 Å². The summed E-state index contributed by atoms with van der Waals surface area (Å²) in [6.07, 6.45) is 2.94. The lowest BCUT2D eigenvalue weighted by atomic mass is 9.95. The minimum Gasteiger partial charge on any atom is -0.357 e. The van der Waals surface area contributed by atoms with Crippen LogP contribution in [0.4, 0.5) is 11.5 Å². The van der Waals surface area contributed by atoms with Crippen LogP contribution in [0.25, 0.3) is 0 Å². The molecule has 150 valence electrons. The van der Waals surface area contributed by atoms with Gasteiger partial charge in [0.25, 0.3) is 0 Å². The fourth-order valence-electron chi connectivity index (χ4n) is 3.35. The zero-order chi connectivity index (χ0) is 20.8. The lowest BCUT2D eigenvalue weighted by molar-refractivity contribution is -0.137. The normalized spacial score (nSPS) is 14.2. The number of piperidine rings is 1. The number of para-hydroxylation sites is 1. The van der Waals surface area contributed by atoms with Crippen molar-refractivity contribution in [3.63, 3.8) is 0 Å². The second-order valence-electron chi connectivity index (χ2n) is 7.00. The number of aromatic nitrogens is 1. The van der Waals surface area contributed by atoms with E-state index in [0.717, 1.165) is 5.82 Å². The van der Waals surface area contributed by atoms with Gasteiger partial charge in [0.2, 0.25) is 11.8 Å². The molecule has 1 N–H and O–H groups in total. The maximum Gasteiger partial charge on any atom is 0.244 e. The van der Waals surface area contributed by atoms with E-state index in [0.29, 0.717) is 42.2 Å². The predicted octanol–water partition coefficient (Wildman–Crippen LogP) is 2.92. The molecule has 0 unspecified atom stereocenters. The molecule has 0 spiro atoms. The molecule has 0 radical (unpaired) electrons. The third kappa shape index (κ3) is 5.24. The van der Waals surface area contributed by atoms with Crippen LogP contribution >= 0.6 is 11.6 Å². The van der Waals surface area contributed by atoms with Crippen LogP contribution in [-0.2, 0) is 9.59 Å². The molecule has 0 atom stereocenters. The van der Waals surface area contributed by atoms with Crippen molar-refractivity contribution in [2.24, 2.45) is 5.92 Å². The monoisotopic (exact) mass is 411 g/mol. The minimum absolute atomic E-state index is 0.0263. The summed E-state index contributed by atoms with van der Waals surface area (Å²) >= 11 is 6.05. The minimum atomic E-state index is -0.284. The fraction of sp³-hybridized carbons (Fsp3) is 0.333. The molecule has 1 aliphatic rings. The highest BCUT2D eigenvalue weighted by molar-refractivity contribution is 6.33. The summed E-state index contributed by atoms with van der Waals surface area (Å²) in [5.74, 6) is 0.366. The average Bonchev–Trinajstić information content (AvgIpc) is 2.75. The molecule has 2 aromatic rings. The van der Waals surface area contributed by atoms with Gasteiger partial charge in [-0.1, -0.05) is 23.7 Å². The van der Waals surface area contributed by atoms with Crippen LogP contribution in [0.1, 0.15) is 18.4 Å². The van der Waals surface area contributed by atoms with E-state index in [2.05, 4.69) is 21.3 Å². The lowest BCUT2D eigenvalue weighted by Gasteiger charge is -2.33. The molecule has 29 heavy (non-hydrogen) atoms. The molecule has 1 aromatic carbocycles. The maximum atomic E-state index is 12.7. The molecule has 0 saturated carbocycles. The number of rotatable bonds is 5. The van der Waals surface area contributed by atoms with Crippen molar-refractivity contribution in [1.29, 1.82) is 5.26 Å². The van der Waals surface area contributed by atoms with Crippen LogP contribution in [0, 0.1) is 17.2 Å². The zero-order valence-corrected chi connectivity index (χ0v) is 16.9. The number of halogens is 1.